The number of nitrogens with zero attached hydrogens (tertiary/aromatic N) is 4. The minimum Gasteiger partial charge on any atom is -0.459 e. The number of aliphatic hydroxyl groups excluding tert-OH is 2. The molecule has 68 heavy (non-hydrogen) atoms. The normalized spacial score (nSPS) is 17.1. The fraction of sp³-hybridized carbons (Fsp3) is 0.609. The van der Waals surface area contributed by atoms with E-state index >= 15 is 0 Å². The number of aliphatic hydroxyl groups is 2. The molecule has 22 nitrogen and oxygen atoms in total. The van der Waals surface area contributed by atoms with Gasteiger partial charge >= 0.3 is 11.9 Å². The van der Waals surface area contributed by atoms with Crippen molar-refractivity contribution in [3.63, 3.8) is 0 Å². The molecule has 0 radical (unpaired) electrons. The first kappa shape index (κ1) is 57.2. The molecule has 0 bridgehead atoms. The number of aliphatic imine (C=N–C) groups is 2. The van der Waals surface area contributed by atoms with E-state index in [1.807, 2.05) is 0 Å². The second-order valence-corrected chi connectivity index (χ2v) is 14.9. The summed E-state index contributed by atoms with van der Waals surface area (Å²) in [6.07, 6.45) is 0.506. The predicted molar refractivity (Wildman–Crippen MR) is 246 cm³/mol. The van der Waals surface area contributed by atoms with E-state index in [-0.39, 0.29) is 90.5 Å². The lowest BCUT2D eigenvalue weighted by atomic mass is 9.96. The fourth-order valence-electron chi connectivity index (χ4n) is 6.63. The zero-order valence-corrected chi connectivity index (χ0v) is 39.2. The van der Waals surface area contributed by atoms with Gasteiger partial charge in [0.15, 0.2) is 24.2 Å². The molecule has 1 aliphatic rings. The highest BCUT2D eigenvalue weighted by Crippen LogP contribution is 2.28. The molecular weight excluding hydrogens is 893 g/mol. The van der Waals surface area contributed by atoms with Crippen LogP contribution >= 0.6 is 0 Å². The maximum Gasteiger partial charge on any atom is 0.331 e. The molecule has 1 saturated heterocycles. The maximum absolute atomic E-state index is 14.0. The van der Waals surface area contributed by atoms with Crippen LogP contribution in [-0.4, -0.2) is 213 Å². The Morgan fingerprint density at radius 1 is 0.515 bits per heavy atom. The number of amides is 2. The van der Waals surface area contributed by atoms with Gasteiger partial charge in [0, 0.05) is 40.5 Å². The van der Waals surface area contributed by atoms with E-state index in [9.17, 15) is 29.4 Å². The van der Waals surface area contributed by atoms with Crippen molar-refractivity contribution in [3.05, 3.63) is 71.8 Å². The highest BCUT2D eigenvalue weighted by Gasteiger charge is 2.54. The molecule has 0 aliphatic carbocycles. The van der Waals surface area contributed by atoms with Crippen molar-refractivity contribution in [2.45, 2.75) is 50.2 Å². The zero-order chi connectivity index (χ0) is 49.2. The first-order valence-corrected chi connectivity index (χ1v) is 22.5. The van der Waals surface area contributed by atoms with Gasteiger partial charge in [0.05, 0.1) is 92.5 Å². The third-order valence-corrected chi connectivity index (χ3v) is 9.92. The smallest absolute Gasteiger partial charge is 0.331 e. The first-order chi connectivity index (χ1) is 33.2. The number of primary amides is 2. The van der Waals surface area contributed by atoms with Gasteiger partial charge in [-0.3, -0.25) is 19.6 Å². The highest BCUT2D eigenvalue weighted by molar-refractivity contribution is 6.20. The largest absolute Gasteiger partial charge is 0.459 e. The molecular formula is C46H70N6O16. The minimum atomic E-state index is -1.78. The summed E-state index contributed by atoms with van der Waals surface area (Å²) in [6.45, 7) is 2.30. The third-order valence-electron chi connectivity index (χ3n) is 9.92. The Hall–Kier alpha value is -5.14. The van der Waals surface area contributed by atoms with Crippen LogP contribution in [0.1, 0.15) is 24.0 Å². The van der Waals surface area contributed by atoms with Crippen LogP contribution in [0.5, 0.6) is 0 Å². The Balaban J connectivity index is 1.97. The number of esters is 2. The average molecular weight is 963 g/mol. The number of benzene rings is 2. The molecule has 2 amide bonds. The van der Waals surface area contributed by atoms with E-state index < -0.39 is 61.1 Å². The summed E-state index contributed by atoms with van der Waals surface area (Å²) in [6, 6.07) is 10.5. The highest BCUT2D eigenvalue weighted by atomic mass is 16.6. The van der Waals surface area contributed by atoms with Crippen molar-refractivity contribution in [1.82, 2.24) is 9.80 Å². The molecule has 380 valence electrons. The van der Waals surface area contributed by atoms with Crippen molar-refractivity contribution in [2.24, 2.45) is 21.5 Å². The SMILES string of the molecule is COCCOCCOCCOCCCN=C1C(C(N)=O)N(C(CO)C(=O)OCc2ccccc2)C(=NCCCOCCOCCOCCOC)C(C(N)=O)N1C(CO)C(=O)OCc1ccccc1. The van der Waals surface area contributed by atoms with Crippen molar-refractivity contribution in [2.75, 3.05) is 133 Å². The predicted octanol–water partition coefficient (Wildman–Crippen LogP) is -0.510. The van der Waals surface area contributed by atoms with Crippen LogP contribution in [-0.2, 0) is 79.8 Å². The number of rotatable bonds is 38. The third kappa shape index (κ3) is 20.6. The van der Waals surface area contributed by atoms with Crippen LogP contribution in [0.25, 0.3) is 0 Å². The summed E-state index contributed by atoms with van der Waals surface area (Å²) in [7, 11) is 3.17. The topological polar surface area (TPSA) is 284 Å². The molecule has 2 aromatic carbocycles. The number of piperazine rings is 1. The molecule has 6 N–H and O–H groups in total. The number of nitrogens with two attached hydrogens (primary N) is 2. The average Bonchev–Trinajstić information content (AvgIpc) is 3.34. The van der Waals surface area contributed by atoms with Crippen molar-refractivity contribution in [3.8, 4) is 0 Å². The van der Waals surface area contributed by atoms with Gasteiger partial charge < -0.3 is 78.8 Å². The van der Waals surface area contributed by atoms with Crippen molar-refractivity contribution >= 4 is 35.4 Å². The number of carbonyl (C=O) groups excluding carboxylic acids is 4. The molecule has 1 heterocycles. The van der Waals surface area contributed by atoms with Crippen LogP contribution in [0.4, 0.5) is 0 Å². The van der Waals surface area contributed by atoms with Crippen LogP contribution in [0.2, 0.25) is 0 Å². The fourth-order valence-corrected chi connectivity index (χ4v) is 6.63. The monoisotopic (exact) mass is 962 g/mol. The van der Waals surface area contributed by atoms with Gasteiger partial charge in [0.2, 0.25) is 11.8 Å². The molecule has 4 atom stereocenters. The molecule has 1 fully saturated rings. The van der Waals surface area contributed by atoms with E-state index in [0.29, 0.717) is 64.0 Å². The number of carbonyl (C=O) groups is 4. The standard InChI is InChI=1S/C46H70N6O16/c1-59-19-21-63-27-29-65-25-23-61-17-9-15-49-43-39(41(47)55)52(38(32-54)46(58)68-34-36-13-7-4-8-14-36)44(50-16-10-18-62-24-26-66-30-28-64-22-20-60-2)40(42(48)56)51(43)37(31-53)45(57)67-33-35-11-5-3-6-12-35/h3-8,11-14,37-40,53-54H,9-10,15-34H2,1-2H3,(H2,47,55)(H2,48,56). The number of ether oxygens (including phenoxy) is 10. The lowest BCUT2D eigenvalue weighted by Crippen LogP contribution is -2.76. The van der Waals surface area contributed by atoms with E-state index in [0.717, 1.165) is 9.80 Å². The molecule has 4 unspecified atom stereocenters. The lowest BCUT2D eigenvalue weighted by Gasteiger charge is -2.50. The molecule has 0 saturated carbocycles. The van der Waals surface area contributed by atoms with Gasteiger partial charge in [-0.2, -0.15) is 0 Å². The van der Waals surface area contributed by atoms with Gasteiger partial charge in [0.1, 0.15) is 24.9 Å². The summed E-state index contributed by atoms with van der Waals surface area (Å²) < 4.78 is 54.4. The molecule has 0 spiro atoms. The number of hydrogen-bond donors (Lipinski definition) is 4. The van der Waals surface area contributed by atoms with Gasteiger partial charge in [-0.25, -0.2) is 9.59 Å². The quantitative estimate of drug-likeness (QED) is 0.0487. The minimum absolute atomic E-state index is 0.0725. The van der Waals surface area contributed by atoms with Crippen LogP contribution < -0.4 is 11.5 Å². The molecule has 3 rings (SSSR count). The second-order valence-electron chi connectivity index (χ2n) is 14.9. The van der Waals surface area contributed by atoms with Gasteiger partial charge in [-0.05, 0) is 24.0 Å². The van der Waals surface area contributed by atoms with Gasteiger partial charge in [-0.15, -0.1) is 0 Å². The molecule has 2 aromatic rings. The van der Waals surface area contributed by atoms with E-state index in [4.69, 9.17) is 58.8 Å². The lowest BCUT2D eigenvalue weighted by molar-refractivity contribution is -0.155. The number of hydrogen-bond acceptors (Lipinski definition) is 18. The summed E-state index contributed by atoms with van der Waals surface area (Å²) in [4.78, 5) is 67.2. The number of amidine groups is 2. The summed E-state index contributed by atoms with van der Waals surface area (Å²) in [5.74, 6) is -4.88. The van der Waals surface area contributed by atoms with E-state index in [2.05, 4.69) is 9.98 Å². The van der Waals surface area contributed by atoms with E-state index in [1.165, 1.54) is 0 Å². The summed E-state index contributed by atoms with van der Waals surface area (Å²) in [5, 5.41) is 21.9. The molecule has 1 aliphatic heterocycles. The molecule has 22 heteroatoms. The van der Waals surface area contributed by atoms with Gasteiger partial charge in [0.25, 0.3) is 0 Å². The van der Waals surface area contributed by atoms with Crippen LogP contribution in [0.15, 0.2) is 70.6 Å². The zero-order valence-electron chi connectivity index (χ0n) is 39.2. The summed E-state index contributed by atoms with van der Waals surface area (Å²) >= 11 is 0. The second kappa shape index (κ2) is 35.0. The van der Waals surface area contributed by atoms with Gasteiger partial charge in [-0.1, -0.05) is 60.7 Å². The Labute approximate surface area is 397 Å². The van der Waals surface area contributed by atoms with E-state index in [1.54, 1.807) is 74.9 Å². The first-order valence-electron chi connectivity index (χ1n) is 22.5. The van der Waals surface area contributed by atoms with Crippen LogP contribution in [0, 0.1) is 0 Å². The summed E-state index contributed by atoms with van der Waals surface area (Å²) in [5.41, 5.74) is 13.6. The Kier molecular flexibility index (Phi) is 29.5. The Morgan fingerprint density at radius 3 is 1.12 bits per heavy atom. The number of methoxy groups -OCH3 is 2. The Bertz CT molecular complexity index is 1650. The van der Waals surface area contributed by atoms with Crippen LogP contribution in [0.3, 0.4) is 0 Å². The Morgan fingerprint density at radius 2 is 0.824 bits per heavy atom. The molecule has 0 aromatic heterocycles. The van der Waals surface area contributed by atoms with Crippen molar-refractivity contribution < 1.29 is 76.8 Å². The van der Waals surface area contributed by atoms with Crippen molar-refractivity contribution in [1.29, 1.82) is 0 Å². The maximum atomic E-state index is 14.0.